The van der Waals surface area contributed by atoms with E-state index < -0.39 is 0 Å². The van der Waals surface area contributed by atoms with Crippen molar-refractivity contribution in [1.82, 2.24) is 10.6 Å². The Hall–Kier alpha value is -2.28. The number of hydrogen-bond acceptors (Lipinski definition) is 3. The molecule has 3 atom stereocenters. The Morgan fingerprint density at radius 2 is 1.96 bits per heavy atom. The molecule has 1 saturated carbocycles. The van der Waals surface area contributed by atoms with Crippen molar-refractivity contribution in [3.05, 3.63) is 46.7 Å². The van der Waals surface area contributed by atoms with Crippen LogP contribution in [0.5, 0.6) is 0 Å². The summed E-state index contributed by atoms with van der Waals surface area (Å²) in [6, 6.07) is 8.96. The highest BCUT2D eigenvalue weighted by atomic mass is 16.1. The van der Waals surface area contributed by atoms with E-state index >= 15 is 0 Å². The third-order valence-electron chi connectivity index (χ3n) is 6.41. The monoisotopic (exact) mass is 379 g/mol. The molecule has 0 bridgehead atoms. The van der Waals surface area contributed by atoms with E-state index in [1.165, 1.54) is 43.2 Å². The van der Waals surface area contributed by atoms with Gasteiger partial charge in [0.25, 0.3) is 5.91 Å². The minimum Gasteiger partial charge on any atom is -0.387 e. The molecule has 0 aliphatic heterocycles. The summed E-state index contributed by atoms with van der Waals surface area (Å²) in [6.45, 7) is 4.31. The van der Waals surface area contributed by atoms with Crippen LogP contribution in [0.25, 0.3) is 0 Å². The second-order valence-electron chi connectivity index (χ2n) is 8.37. The van der Waals surface area contributed by atoms with Crippen molar-refractivity contribution >= 4 is 5.91 Å². The molecule has 1 aromatic rings. The molecule has 3 rings (SSSR count). The Morgan fingerprint density at radius 1 is 1.21 bits per heavy atom. The predicted octanol–water partition coefficient (Wildman–Crippen LogP) is 4.71. The van der Waals surface area contributed by atoms with Crippen molar-refractivity contribution in [1.29, 1.82) is 5.26 Å². The Balaban J connectivity index is 1.66. The van der Waals surface area contributed by atoms with Crippen LogP contribution in [-0.4, -0.2) is 11.9 Å². The van der Waals surface area contributed by atoms with Gasteiger partial charge in [0.05, 0.1) is 6.04 Å². The number of nitrogens with one attached hydrogen (secondary N) is 2. The molecule has 0 saturated heterocycles. The number of hydrogen-bond donors (Lipinski definition) is 2. The van der Waals surface area contributed by atoms with E-state index in [-0.39, 0.29) is 17.5 Å². The first kappa shape index (κ1) is 20.5. The first-order valence-corrected chi connectivity index (χ1v) is 10.9. The Kier molecular flexibility index (Phi) is 7.14. The predicted molar refractivity (Wildman–Crippen MR) is 113 cm³/mol. The number of benzene rings is 1. The Morgan fingerprint density at radius 3 is 2.68 bits per heavy atom. The molecule has 0 aromatic heterocycles. The second-order valence-corrected chi connectivity index (χ2v) is 8.37. The fraction of sp³-hybridized carbons (Fsp3) is 0.583. The van der Waals surface area contributed by atoms with Gasteiger partial charge in [0.2, 0.25) is 0 Å². The van der Waals surface area contributed by atoms with Crippen molar-refractivity contribution in [2.45, 2.75) is 83.7 Å². The fourth-order valence-electron chi connectivity index (χ4n) is 4.53. The molecular weight excluding hydrogens is 346 g/mol. The van der Waals surface area contributed by atoms with Crippen molar-refractivity contribution in [3.63, 3.8) is 0 Å². The molecular formula is C24H33N3O. The van der Waals surface area contributed by atoms with Gasteiger partial charge >= 0.3 is 0 Å². The van der Waals surface area contributed by atoms with E-state index in [1.54, 1.807) is 6.20 Å². The van der Waals surface area contributed by atoms with E-state index in [2.05, 4.69) is 48.7 Å². The molecule has 3 unspecified atom stereocenters. The van der Waals surface area contributed by atoms with E-state index in [4.69, 9.17) is 0 Å². The second kappa shape index (κ2) is 9.78. The SMILES string of the molecule is CCC(NC(=O)/C(C#N)=C\NC1CCCCC1C)c1ccc2c(c1)CCCC2. The summed E-state index contributed by atoms with van der Waals surface area (Å²) in [7, 11) is 0. The van der Waals surface area contributed by atoms with Crippen LogP contribution in [0.4, 0.5) is 0 Å². The van der Waals surface area contributed by atoms with Crippen LogP contribution in [0, 0.1) is 17.2 Å². The van der Waals surface area contributed by atoms with Gasteiger partial charge in [-0.2, -0.15) is 5.26 Å². The third-order valence-corrected chi connectivity index (χ3v) is 6.41. The standard InChI is InChI=1S/C24H33N3O/c1-3-22(20-13-12-18-9-5-6-10-19(18)14-20)27-24(28)21(15-25)16-26-23-11-7-4-8-17(23)2/h12-14,16-17,22-23,26H,3-11H2,1-2H3,(H,27,28)/b21-16-. The smallest absolute Gasteiger partial charge is 0.263 e. The maximum atomic E-state index is 12.7. The zero-order valence-corrected chi connectivity index (χ0v) is 17.3. The summed E-state index contributed by atoms with van der Waals surface area (Å²) in [6.07, 6.45) is 12.0. The van der Waals surface area contributed by atoms with Crippen molar-refractivity contribution in [2.75, 3.05) is 0 Å². The molecule has 1 aromatic carbocycles. The molecule has 0 radical (unpaired) electrons. The third kappa shape index (κ3) is 4.95. The highest BCUT2D eigenvalue weighted by Gasteiger charge is 2.22. The number of carbonyl (C=O) groups excluding carboxylic acids is 1. The first-order chi connectivity index (χ1) is 13.6. The van der Waals surface area contributed by atoms with Gasteiger partial charge in [0.15, 0.2) is 0 Å². The molecule has 2 aliphatic rings. The topological polar surface area (TPSA) is 64.9 Å². The van der Waals surface area contributed by atoms with Crippen LogP contribution in [0.1, 0.15) is 81.5 Å². The summed E-state index contributed by atoms with van der Waals surface area (Å²) in [4.78, 5) is 12.7. The molecule has 4 nitrogen and oxygen atoms in total. The van der Waals surface area contributed by atoms with Crippen molar-refractivity contribution < 1.29 is 4.79 Å². The zero-order valence-electron chi connectivity index (χ0n) is 17.3. The molecule has 2 N–H and O–H groups in total. The Labute approximate surface area is 169 Å². The van der Waals surface area contributed by atoms with Gasteiger partial charge in [-0.25, -0.2) is 0 Å². The van der Waals surface area contributed by atoms with Crippen LogP contribution in [-0.2, 0) is 17.6 Å². The normalized spacial score (nSPS) is 23.2. The Bertz CT molecular complexity index is 762. The highest BCUT2D eigenvalue weighted by molar-refractivity contribution is 5.97. The molecule has 28 heavy (non-hydrogen) atoms. The van der Waals surface area contributed by atoms with Crippen LogP contribution < -0.4 is 10.6 Å². The number of rotatable bonds is 6. The number of amides is 1. The average molecular weight is 380 g/mol. The molecule has 0 spiro atoms. The minimum atomic E-state index is -0.289. The summed E-state index contributed by atoms with van der Waals surface area (Å²) in [5.74, 6) is 0.287. The van der Waals surface area contributed by atoms with Crippen LogP contribution >= 0.6 is 0 Å². The minimum absolute atomic E-state index is 0.0647. The quantitative estimate of drug-likeness (QED) is 0.556. The number of fused-ring (bicyclic) bond motifs is 1. The molecule has 4 heteroatoms. The van der Waals surface area contributed by atoms with E-state index in [9.17, 15) is 10.1 Å². The summed E-state index contributed by atoms with van der Waals surface area (Å²) in [5.41, 5.74) is 4.16. The van der Waals surface area contributed by atoms with E-state index in [0.29, 0.717) is 12.0 Å². The zero-order chi connectivity index (χ0) is 19.9. The van der Waals surface area contributed by atoms with Gasteiger partial charge in [-0.3, -0.25) is 4.79 Å². The summed E-state index contributed by atoms with van der Waals surface area (Å²) >= 11 is 0. The van der Waals surface area contributed by atoms with Crippen LogP contribution in [0.15, 0.2) is 30.0 Å². The molecule has 1 fully saturated rings. The van der Waals surface area contributed by atoms with E-state index in [1.807, 2.05) is 0 Å². The van der Waals surface area contributed by atoms with Gasteiger partial charge < -0.3 is 10.6 Å². The van der Waals surface area contributed by atoms with Crippen molar-refractivity contribution in [3.8, 4) is 6.07 Å². The largest absolute Gasteiger partial charge is 0.387 e. The van der Waals surface area contributed by atoms with Gasteiger partial charge in [0, 0.05) is 12.2 Å². The lowest BCUT2D eigenvalue weighted by atomic mass is 9.86. The maximum Gasteiger partial charge on any atom is 0.263 e. The van der Waals surface area contributed by atoms with Gasteiger partial charge in [-0.05, 0) is 67.6 Å². The maximum absolute atomic E-state index is 12.7. The van der Waals surface area contributed by atoms with Crippen LogP contribution in [0.3, 0.4) is 0 Å². The lowest BCUT2D eigenvalue weighted by molar-refractivity contribution is -0.117. The number of nitrogens with zero attached hydrogens (tertiary/aromatic N) is 1. The molecule has 1 amide bonds. The van der Waals surface area contributed by atoms with Gasteiger partial charge in [0.1, 0.15) is 11.6 Å². The lowest BCUT2D eigenvalue weighted by Gasteiger charge is -2.29. The molecule has 0 heterocycles. The van der Waals surface area contributed by atoms with Gasteiger partial charge in [-0.15, -0.1) is 0 Å². The summed E-state index contributed by atoms with van der Waals surface area (Å²) < 4.78 is 0. The lowest BCUT2D eigenvalue weighted by Crippen LogP contribution is -2.35. The van der Waals surface area contributed by atoms with Crippen LogP contribution in [0.2, 0.25) is 0 Å². The molecule has 150 valence electrons. The number of aryl methyl sites for hydroxylation is 2. The number of carbonyl (C=O) groups is 1. The average Bonchev–Trinajstić information content (AvgIpc) is 2.73. The fourth-order valence-corrected chi connectivity index (χ4v) is 4.53. The van der Waals surface area contributed by atoms with Crippen molar-refractivity contribution in [2.24, 2.45) is 5.92 Å². The van der Waals surface area contributed by atoms with Gasteiger partial charge in [-0.1, -0.05) is 44.9 Å². The highest BCUT2D eigenvalue weighted by Crippen LogP contribution is 2.26. The molecule has 2 aliphatic carbocycles. The van der Waals surface area contributed by atoms with E-state index in [0.717, 1.165) is 31.2 Å². The number of nitriles is 1. The summed E-state index contributed by atoms with van der Waals surface area (Å²) in [5, 5.41) is 15.9. The first-order valence-electron chi connectivity index (χ1n) is 10.9.